The van der Waals surface area contributed by atoms with Crippen LogP contribution in [0.3, 0.4) is 0 Å². The standard InChI is InChI=1S/C15H16F2O3/c1-19-14(18)11-6-7-13(20-15(16)17)12(9-11)8-10-4-2-3-5-10/h6-9,15H,2-5H2,1H3. The van der Waals surface area contributed by atoms with Gasteiger partial charge in [0.25, 0.3) is 0 Å². The third kappa shape index (κ3) is 3.56. The summed E-state index contributed by atoms with van der Waals surface area (Å²) < 4.78 is 33.9. The van der Waals surface area contributed by atoms with Crippen molar-refractivity contribution in [2.24, 2.45) is 0 Å². The van der Waals surface area contributed by atoms with Crippen LogP contribution in [-0.2, 0) is 4.74 Å². The Balaban J connectivity index is 2.36. The third-order valence-corrected chi connectivity index (χ3v) is 3.25. The van der Waals surface area contributed by atoms with Crippen molar-refractivity contribution < 1.29 is 23.0 Å². The van der Waals surface area contributed by atoms with Gasteiger partial charge < -0.3 is 9.47 Å². The van der Waals surface area contributed by atoms with Gasteiger partial charge in [-0.05, 0) is 43.9 Å². The first-order chi connectivity index (χ1) is 9.60. The van der Waals surface area contributed by atoms with E-state index in [0.717, 1.165) is 25.7 Å². The van der Waals surface area contributed by atoms with E-state index in [9.17, 15) is 13.6 Å². The van der Waals surface area contributed by atoms with Crippen molar-refractivity contribution >= 4 is 12.0 Å². The topological polar surface area (TPSA) is 35.5 Å². The van der Waals surface area contributed by atoms with E-state index >= 15 is 0 Å². The first-order valence-corrected chi connectivity index (χ1v) is 6.47. The molecule has 5 heteroatoms. The number of esters is 1. The van der Waals surface area contributed by atoms with E-state index in [2.05, 4.69) is 9.47 Å². The molecule has 0 amide bonds. The molecule has 1 aromatic carbocycles. The second-order valence-electron chi connectivity index (χ2n) is 4.63. The van der Waals surface area contributed by atoms with Crippen molar-refractivity contribution in [3.63, 3.8) is 0 Å². The van der Waals surface area contributed by atoms with Crippen molar-refractivity contribution in [3.05, 3.63) is 34.9 Å². The number of rotatable bonds is 4. The summed E-state index contributed by atoms with van der Waals surface area (Å²) in [7, 11) is 1.28. The lowest BCUT2D eigenvalue weighted by molar-refractivity contribution is -0.0499. The van der Waals surface area contributed by atoms with Crippen molar-refractivity contribution in [3.8, 4) is 5.75 Å². The Labute approximate surface area is 116 Å². The molecule has 2 rings (SSSR count). The second-order valence-corrected chi connectivity index (χ2v) is 4.63. The van der Waals surface area contributed by atoms with E-state index < -0.39 is 12.6 Å². The molecule has 1 aromatic rings. The Hall–Kier alpha value is -1.91. The Morgan fingerprint density at radius 2 is 2.00 bits per heavy atom. The van der Waals surface area contributed by atoms with E-state index in [1.165, 1.54) is 30.9 Å². The predicted molar refractivity (Wildman–Crippen MR) is 70.9 cm³/mol. The highest BCUT2D eigenvalue weighted by Crippen LogP contribution is 2.30. The van der Waals surface area contributed by atoms with Crippen LogP contribution in [-0.4, -0.2) is 19.7 Å². The number of carbonyl (C=O) groups is 1. The monoisotopic (exact) mass is 282 g/mol. The summed E-state index contributed by atoms with van der Waals surface area (Å²) in [6.45, 7) is -2.89. The van der Waals surface area contributed by atoms with E-state index in [1.54, 1.807) is 0 Å². The van der Waals surface area contributed by atoms with Gasteiger partial charge in [0, 0.05) is 5.56 Å². The number of methoxy groups -OCH3 is 1. The van der Waals surface area contributed by atoms with Crippen LogP contribution in [0.1, 0.15) is 41.6 Å². The number of allylic oxidation sites excluding steroid dienone is 1. The zero-order valence-corrected chi connectivity index (χ0v) is 11.2. The summed E-state index contributed by atoms with van der Waals surface area (Å²) in [5, 5.41) is 0. The van der Waals surface area contributed by atoms with Gasteiger partial charge in [-0.2, -0.15) is 8.78 Å². The molecule has 0 aliphatic heterocycles. The van der Waals surface area contributed by atoms with Gasteiger partial charge in [-0.3, -0.25) is 0 Å². The van der Waals surface area contributed by atoms with Crippen molar-refractivity contribution in [2.75, 3.05) is 7.11 Å². The fourth-order valence-electron chi connectivity index (χ4n) is 2.30. The number of alkyl halides is 2. The van der Waals surface area contributed by atoms with Gasteiger partial charge >= 0.3 is 12.6 Å². The van der Waals surface area contributed by atoms with Crippen LogP contribution in [0.25, 0.3) is 6.08 Å². The maximum absolute atomic E-state index is 12.4. The second kappa shape index (κ2) is 6.50. The summed E-state index contributed by atoms with van der Waals surface area (Å²) in [6.07, 6.45) is 5.95. The minimum absolute atomic E-state index is 0.0760. The SMILES string of the molecule is COC(=O)c1ccc(OC(F)F)c(C=C2CCCC2)c1. The predicted octanol–water partition coefficient (Wildman–Crippen LogP) is 4.03. The minimum atomic E-state index is -2.89. The van der Waals surface area contributed by atoms with Gasteiger partial charge in [-0.25, -0.2) is 4.79 Å². The molecular formula is C15H16F2O3. The number of hydrogen-bond donors (Lipinski definition) is 0. The fourth-order valence-corrected chi connectivity index (χ4v) is 2.30. The van der Waals surface area contributed by atoms with Crippen LogP contribution in [0.2, 0.25) is 0 Å². The van der Waals surface area contributed by atoms with Gasteiger partial charge in [0.1, 0.15) is 5.75 Å². The van der Waals surface area contributed by atoms with E-state index in [0.29, 0.717) is 11.1 Å². The Bertz CT molecular complexity index is 516. The highest BCUT2D eigenvalue weighted by Gasteiger charge is 2.14. The molecule has 0 saturated heterocycles. The lowest BCUT2D eigenvalue weighted by Crippen LogP contribution is -2.06. The lowest BCUT2D eigenvalue weighted by Gasteiger charge is -2.10. The summed E-state index contributed by atoms with van der Waals surface area (Å²) in [5.74, 6) is -0.424. The summed E-state index contributed by atoms with van der Waals surface area (Å²) in [4.78, 5) is 11.5. The van der Waals surface area contributed by atoms with Crippen molar-refractivity contribution in [2.45, 2.75) is 32.3 Å². The van der Waals surface area contributed by atoms with Gasteiger partial charge in [-0.15, -0.1) is 0 Å². The molecule has 20 heavy (non-hydrogen) atoms. The average Bonchev–Trinajstić information content (AvgIpc) is 2.92. The molecule has 1 fully saturated rings. The molecule has 0 heterocycles. The molecule has 1 aliphatic rings. The highest BCUT2D eigenvalue weighted by molar-refractivity contribution is 5.90. The maximum Gasteiger partial charge on any atom is 0.387 e. The maximum atomic E-state index is 12.4. The van der Waals surface area contributed by atoms with Gasteiger partial charge in [0.15, 0.2) is 0 Å². The van der Waals surface area contributed by atoms with E-state index in [1.807, 2.05) is 6.08 Å². The van der Waals surface area contributed by atoms with Gasteiger partial charge in [0.05, 0.1) is 12.7 Å². The Morgan fingerprint density at radius 1 is 1.30 bits per heavy atom. The first kappa shape index (κ1) is 14.5. The van der Waals surface area contributed by atoms with Crippen LogP contribution < -0.4 is 4.74 Å². The number of ether oxygens (including phenoxy) is 2. The number of hydrogen-bond acceptors (Lipinski definition) is 3. The molecule has 0 atom stereocenters. The number of carbonyl (C=O) groups excluding carboxylic acids is 1. The molecule has 0 bridgehead atoms. The zero-order valence-electron chi connectivity index (χ0n) is 11.2. The molecule has 0 aromatic heterocycles. The van der Waals surface area contributed by atoms with Crippen LogP contribution in [0.15, 0.2) is 23.8 Å². The largest absolute Gasteiger partial charge is 0.465 e. The zero-order chi connectivity index (χ0) is 14.5. The number of benzene rings is 1. The number of halogens is 2. The summed E-state index contributed by atoms with van der Waals surface area (Å²) >= 11 is 0. The molecule has 0 N–H and O–H groups in total. The van der Waals surface area contributed by atoms with Crippen LogP contribution >= 0.6 is 0 Å². The molecule has 0 radical (unpaired) electrons. The lowest BCUT2D eigenvalue weighted by atomic mass is 10.1. The minimum Gasteiger partial charge on any atom is -0.465 e. The van der Waals surface area contributed by atoms with Crippen molar-refractivity contribution in [1.29, 1.82) is 0 Å². The molecule has 0 spiro atoms. The van der Waals surface area contributed by atoms with Crippen LogP contribution in [0, 0.1) is 0 Å². The molecule has 3 nitrogen and oxygen atoms in total. The fraction of sp³-hybridized carbons (Fsp3) is 0.400. The van der Waals surface area contributed by atoms with Crippen molar-refractivity contribution in [1.82, 2.24) is 0 Å². The summed E-state index contributed by atoms with van der Waals surface area (Å²) in [5.41, 5.74) is 2.00. The Kier molecular flexibility index (Phi) is 4.71. The van der Waals surface area contributed by atoms with Gasteiger partial charge in [-0.1, -0.05) is 11.6 Å². The normalized spacial score (nSPS) is 14.5. The first-order valence-electron chi connectivity index (χ1n) is 6.47. The van der Waals surface area contributed by atoms with E-state index in [-0.39, 0.29) is 5.75 Å². The smallest absolute Gasteiger partial charge is 0.387 e. The van der Waals surface area contributed by atoms with Crippen LogP contribution in [0.5, 0.6) is 5.75 Å². The molecule has 1 saturated carbocycles. The quantitative estimate of drug-likeness (QED) is 0.782. The highest BCUT2D eigenvalue weighted by atomic mass is 19.3. The average molecular weight is 282 g/mol. The van der Waals surface area contributed by atoms with Crippen LogP contribution in [0.4, 0.5) is 8.78 Å². The van der Waals surface area contributed by atoms with Gasteiger partial charge in [0.2, 0.25) is 0 Å². The molecule has 108 valence electrons. The molecule has 0 unspecified atom stereocenters. The Morgan fingerprint density at radius 3 is 2.60 bits per heavy atom. The summed E-state index contributed by atoms with van der Waals surface area (Å²) in [6, 6.07) is 4.31. The molecular weight excluding hydrogens is 266 g/mol. The van der Waals surface area contributed by atoms with E-state index in [4.69, 9.17) is 0 Å². The third-order valence-electron chi connectivity index (χ3n) is 3.25. The molecule has 1 aliphatic carbocycles.